The molecule has 1 atom stereocenters. The summed E-state index contributed by atoms with van der Waals surface area (Å²) in [5.74, 6) is 2.43. The van der Waals surface area contributed by atoms with Gasteiger partial charge in [-0.2, -0.15) is 0 Å². The minimum Gasteiger partial charge on any atom is -0.493 e. The van der Waals surface area contributed by atoms with Crippen LogP contribution in [0.15, 0.2) is 47.6 Å². The average Bonchev–Trinajstić information content (AvgIpc) is 3.36. The molecule has 0 saturated carbocycles. The summed E-state index contributed by atoms with van der Waals surface area (Å²) >= 11 is 0. The van der Waals surface area contributed by atoms with E-state index in [1.165, 1.54) is 12.1 Å². The van der Waals surface area contributed by atoms with Crippen LogP contribution >= 0.6 is 0 Å². The van der Waals surface area contributed by atoms with E-state index in [4.69, 9.17) is 19.0 Å². The van der Waals surface area contributed by atoms with Gasteiger partial charge in [0.15, 0.2) is 11.5 Å². The van der Waals surface area contributed by atoms with E-state index in [1.807, 2.05) is 31.2 Å². The lowest BCUT2D eigenvalue weighted by Gasteiger charge is -2.36. The van der Waals surface area contributed by atoms with Crippen molar-refractivity contribution in [3.63, 3.8) is 0 Å². The van der Waals surface area contributed by atoms with Crippen LogP contribution in [0.2, 0.25) is 0 Å². The van der Waals surface area contributed by atoms with Gasteiger partial charge in [0.05, 0.1) is 32.2 Å². The molecule has 1 unspecified atom stereocenters. The first-order valence-corrected chi connectivity index (χ1v) is 12.4. The van der Waals surface area contributed by atoms with Crippen LogP contribution in [0.1, 0.15) is 38.2 Å². The van der Waals surface area contributed by atoms with Gasteiger partial charge < -0.3 is 23.9 Å². The number of oxime groups is 1. The van der Waals surface area contributed by atoms with Gasteiger partial charge in [0.1, 0.15) is 11.9 Å². The molecule has 0 aromatic heterocycles. The zero-order valence-corrected chi connectivity index (χ0v) is 20.7. The largest absolute Gasteiger partial charge is 0.493 e. The van der Waals surface area contributed by atoms with Crippen LogP contribution in [0.5, 0.6) is 17.2 Å². The van der Waals surface area contributed by atoms with Crippen molar-refractivity contribution in [2.45, 2.75) is 38.7 Å². The predicted octanol–water partition coefficient (Wildman–Crippen LogP) is 4.59. The Hall–Kier alpha value is -2.93. The van der Waals surface area contributed by atoms with Gasteiger partial charge >= 0.3 is 0 Å². The molecule has 2 aromatic rings. The molecule has 2 aromatic carbocycles. The van der Waals surface area contributed by atoms with Crippen molar-refractivity contribution >= 4 is 11.4 Å². The van der Waals surface area contributed by atoms with Crippen LogP contribution in [0.4, 0.5) is 5.69 Å². The highest BCUT2D eigenvalue weighted by Gasteiger charge is 2.23. The Morgan fingerprint density at radius 2 is 1.74 bits per heavy atom. The fraction of sp³-hybridized carbons (Fsp3) is 0.519. The SMILES string of the molecule is CCOc1ccccc1N1CCN(CCCCC2CC(c3ccc(OC)c(OC)c3)=NO2)CC1. The molecule has 2 heterocycles. The average molecular weight is 468 g/mol. The molecule has 4 rings (SSSR count). The first kappa shape index (κ1) is 24.2. The Morgan fingerprint density at radius 3 is 2.50 bits per heavy atom. The Balaban J connectivity index is 1.16. The highest BCUT2D eigenvalue weighted by Crippen LogP contribution is 2.31. The fourth-order valence-electron chi connectivity index (χ4n) is 4.69. The standard InChI is InChI=1S/C27H37N3O4/c1-4-33-25-11-6-5-10-24(25)30-17-15-29(16-18-30)14-8-7-9-22-20-23(28-34-22)21-12-13-26(31-2)27(19-21)32-3/h5-6,10-13,19,22H,4,7-9,14-18,20H2,1-3H3. The van der Waals surface area contributed by atoms with Crippen LogP contribution in [0.25, 0.3) is 0 Å². The predicted molar refractivity (Wildman–Crippen MR) is 136 cm³/mol. The lowest BCUT2D eigenvalue weighted by atomic mass is 10.0. The van der Waals surface area contributed by atoms with E-state index in [2.05, 4.69) is 33.2 Å². The van der Waals surface area contributed by atoms with E-state index in [0.717, 1.165) is 74.8 Å². The maximum Gasteiger partial charge on any atom is 0.161 e. The third-order valence-corrected chi connectivity index (χ3v) is 6.58. The summed E-state index contributed by atoms with van der Waals surface area (Å²) in [5, 5.41) is 4.34. The summed E-state index contributed by atoms with van der Waals surface area (Å²) in [6, 6.07) is 14.3. The van der Waals surface area contributed by atoms with Gasteiger partial charge in [-0.15, -0.1) is 0 Å². The number of para-hydroxylation sites is 2. The van der Waals surface area contributed by atoms with Crippen molar-refractivity contribution in [2.24, 2.45) is 5.16 Å². The summed E-state index contributed by atoms with van der Waals surface area (Å²) in [6.07, 6.45) is 4.36. The number of hydrogen-bond acceptors (Lipinski definition) is 7. The summed E-state index contributed by atoms with van der Waals surface area (Å²) in [7, 11) is 3.29. The first-order valence-electron chi connectivity index (χ1n) is 12.4. The number of piperazine rings is 1. The zero-order chi connectivity index (χ0) is 23.8. The van der Waals surface area contributed by atoms with E-state index in [0.29, 0.717) is 12.4 Å². The van der Waals surface area contributed by atoms with Crippen LogP contribution < -0.4 is 19.1 Å². The molecule has 0 radical (unpaired) electrons. The molecule has 7 heteroatoms. The van der Waals surface area contributed by atoms with Gasteiger partial charge in [-0.05, 0) is 63.1 Å². The van der Waals surface area contributed by atoms with Crippen LogP contribution in [-0.4, -0.2) is 70.3 Å². The van der Waals surface area contributed by atoms with Crippen molar-refractivity contribution in [3.8, 4) is 17.2 Å². The summed E-state index contributed by atoms with van der Waals surface area (Å²) in [6.45, 7) is 8.13. The Morgan fingerprint density at radius 1 is 0.941 bits per heavy atom. The lowest BCUT2D eigenvalue weighted by molar-refractivity contribution is 0.0763. The van der Waals surface area contributed by atoms with Gasteiger partial charge in [-0.1, -0.05) is 17.3 Å². The fourth-order valence-corrected chi connectivity index (χ4v) is 4.69. The molecule has 0 aliphatic carbocycles. The Kier molecular flexibility index (Phi) is 8.52. The van der Waals surface area contributed by atoms with Gasteiger partial charge in [-0.25, -0.2) is 0 Å². The van der Waals surface area contributed by atoms with Crippen LogP contribution in [0, 0.1) is 0 Å². The van der Waals surface area contributed by atoms with Crippen LogP contribution in [-0.2, 0) is 4.84 Å². The number of nitrogens with zero attached hydrogens (tertiary/aromatic N) is 3. The second kappa shape index (κ2) is 12.0. The molecule has 0 N–H and O–H groups in total. The highest BCUT2D eigenvalue weighted by atomic mass is 16.6. The minimum atomic E-state index is 0.162. The number of methoxy groups -OCH3 is 2. The summed E-state index contributed by atoms with van der Waals surface area (Å²) in [5.41, 5.74) is 3.23. The van der Waals surface area contributed by atoms with E-state index >= 15 is 0 Å². The topological polar surface area (TPSA) is 55.8 Å². The quantitative estimate of drug-likeness (QED) is 0.451. The molecule has 0 spiro atoms. The molecular formula is C27H37N3O4. The number of ether oxygens (including phenoxy) is 3. The molecule has 0 bridgehead atoms. The van der Waals surface area contributed by atoms with Gasteiger partial charge in [0.25, 0.3) is 0 Å². The first-order chi connectivity index (χ1) is 16.7. The molecule has 184 valence electrons. The smallest absolute Gasteiger partial charge is 0.161 e. The zero-order valence-electron chi connectivity index (χ0n) is 20.7. The molecule has 7 nitrogen and oxygen atoms in total. The normalized spacial score (nSPS) is 18.4. The number of anilines is 1. The van der Waals surface area contributed by atoms with Crippen molar-refractivity contribution in [1.82, 2.24) is 4.90 Å². The van der Waals surface area contributed by atoms with Crippen molar-refractivity contribution < 1.29 is 19.0 Å². The third kappa shape index (κ3) is 5.95. The number of hydrogen-bond donors (Lipinski definition) is 0. The van der Waals surface area contributed by atoms with Crippen molar-refractivity contribution in [3.05, 3.63) is 48.0 Å². The molecule has 2 aliphatic heterocycles. The molecular weight excluding hydrogens is 430 g/mol. The van der Waals surface area contributed by atoms with Crippen molar-refractivity contribution in [2.75, 3.05) is 58.5 Å². The second-order valence-electron chi connectivity index (χ2n) is 8.76. The van der Waals surface area contributed by atoms with Crippen LogP contribution in [0.3, 0.4) is 0 Å². The molecule has 1 fully saturated rings. The van der Waals surface area contributed by atoms with Gasteiger partial charge in [0.2, 0.25) is 0 Å². The van der Waals surface area contributed by atoms with E-state index in [9.17, 15) is 0 Å². The Bertz CT molecular complexity index is 957. The Labute approximate surface area is 203 Å². The molecule has 2 aliphatic rings. The number of unbranched alkanes of at least 4 members (excludes halogenated alkanes) is 1. The monoisotopic (exact) mass is 467 g/mol. The molecule has 1 saturated heterocycles. The second-order valence-corrected chi connectivity index (χ2v) is 8.76. The highest BCUT2D eigenvalue weighted by molar-refractivity contribution is 6.01. The maximum absolute atomic E-state index is 5.81. The minimum absolute atomic E-state index is 0.162. The lowest BCUT2D eigenvalue weighted by Crippen LogP contribution is -2.46. The summed E-state index contributed by atoms with van der Waals surface area (Å²) < 4.78 is 16.6. The molecule has 34 heavy (non-hydrogen) atoms. The molecule has 0 amide bonds. The van der Waals surface area contributed by atoms with E-state index in [-0.39, 0.29) is 6.10 Å². The third-order valence-electron chi connectivity index (χ3n) is 6.58. The van der Waals surface area contributed by atoms with Crippen molar-refractivity contribution in [1.29, 1.82) is 0 Å². The maximum atomic E-state index is 5.81. The number of rotatable bonds is 11. The summed E-state index contributed by atoms with van der Waals surface area (Å²) in [4.78, 5) is 10.7. The van der Waals surface area contributed by atoms with Gasteiger partial charge in [-0.3, -0.25) is 4.90 Å². The van der Waals surface area contributed by atoms with Gasteiger partial charge in [0, 0.05) is 38.2 Å². The number of benzene rings is 2. The van der Waals surface area contributed by atoms with E-state index < -0.39 is 0 Å². The van der Waals surface area contributed by atoms with E-state index in [1.54, 1.807) is 14.2 Å².